The molecule has 0 aliphatic rings. The molecule has 62 heavy (non-hydrogen) atoms. The lowest BCUT2D eigenvalue weighted by molar-refractivity contribution is 0.0341. The second-order valence-corrected chi connectivity index (χ2v) is 17.0. The number of rotatable bonds is 10. The second kappa shape index (κ2) is 16.4. The minimum atomic E-state index is -0.708. The molecule has 1 atom stereocenters. The van der Waals surface area contributed by atoms with Crippen molar-refractivity contribution in [1.29, 1.82) is 0 Å². The van der Waals surface area contributed by atoms with Gasteiger partial charge in [0.1, 0.15) is 11.9 Å². The van der Waals surface area contributed by atoms with Crippen LogP contribution in [-0.2, 0) is 11.2 Å². The summed E-state index contributed by atoms with van der Waals surface area (Å²) in [5, 5.41) is 0.504. The fourth-order valence-corrected chi connectivity index (χ4v) is 9.79. The monoisotopic (exact) mass is 1020 g/mol. The van der Waals surface area contributed by atoms with Crippen molar-refractivity contribution >= 4 is 130 Å². The lowest BCUT2D eigenvalue weighted by Gasteiger charge is -2.21. The van der Waals surface area contributed by atoms with Gasteiger partial charge in [0.05, 0.1) is 33.1 Å². The zero-order valence-electron chi connectivity index (χ0n) is 32.5. The topological polar surface area (TPSA) is 170 Å². The molecule has 0 radical (unpaired) electrons. The van der Waals surface area contributed by atoms with Crippen LogP contribution in [0.1, 0.15) is 28.5 Å². The molecule has 9 rings (SSSR count). The number of aryl methyl sites for hydroxylation is 1. The van der Waals surface area contributed by atoms with E-state index in [1.54, 1.807) is 66.3 Å². The molecule has 0 spiro atoms. The number of carbonyl (C=O) groups is 1. The normalized spacial score (nSPS) is 12.0. The van der Waals surface area contributed by atoms with Crippen molar-refractivity contribution < 1.29 is 30.6 Å². The van der Waals surface area contributed by atoms with Crippen LogP contribution in [0.25, 0.3) is 52.9 Å². The Bertz CT molecular complexity index is 3570. The van der Waals surface area contributed by atoms with Gasteiger partial charge in [0, 0.05) is 48.9 Å². The number of halogens is 2. The highest BCUT2D eigenvalue weighted by atomic mass is 127. The summed E-state index contributed by atoms with van der Waals surface area (Å²) in [7, 11) is 3.33. The van der Waals surface area contributed by atoms with Crippen molar-refractivity contribution in [2.75, 3.05) is 19.1 Å². The average Bonchev–Trinajstić information content (AvgIpc) is 3.86. The molecule has 0 saturated heterocycles. The van der Waals surface area contributed by atoms with Crippen LogP contribution in [0.4, 0.5) is 15.8 Å². The van der Waals surface area contributed by atoms with Gasteiger partial charge in [-0.1, -0.05) is 22.7 Å². The predicted molar refractivity (Wildman–Crippen MR) is 246 cm³/mol. The second-order valence-electron chi connectivity index (χ2n) is 13.8. The summed E-state index contributed by atoms with van der Waals surface area (Å²) in [6.07, 6.45) is 0.828. The Morgan fingerprint density at radius 1 is 0.871 bits per heavy atom. The van der Waals surface area contributed by atoms with E-state index in [1.807, 2.05) is 37.1 Å². The number of thiazole rings is 2. The smallest absolute Gasteiger partial charge is 0.338 e. The van der Waals surface area contributed by atoms with Gasteiger partial charge >= 0.3 is 5.97 Å². The molecular weight excluding hydrogens is 993 g/mol. The van der Waals surface area contributed by atoms with Crippen LogP contribution < -0.4 is 23.8 Å². The number of methoxy groups -OCH3 is 1. The summed E-state index contributed by atoms with van der Waals surface area (Å²) in [6, 6.07) is 18.2. The summed E-state index contributed by atoms with van der Waals surface area (Å²) >= 11 is 15.0. The highest BCUT2D eigenvalue weighted by Crippen LogP contribution is 2.34. The van der Waals surface area contributed by atoms with Crippen LogP contribution in [0.15, 0.2) is 91.4 Å². The Labute approximate surface area is 380 Å². The van der Waals surface area contributed by atoms with E-state index in [4.69, 9.17) is 45.8 Å². The third-order valence-corrected chi connectivity index (χ3v) is 12.8. The van der Waals surface area contributed by atoms with E-state index >= 15 is 0 Å². The first-order chi connectivity index (χ1) is 29.8. The maximum Gasteiger partial charge on any atom is 0.338 e. The Kier molecular flexibility index (Phi) is 10.9. The van der Waals surface area contributed by atoms with E-state index in [9.17, 15) is 18.8 Å². The lowest BCUT2D eigenvalue weighted by atomic mass is 10.1. The van der Waals surface area contributed by atoms with Crippen molar-refractivity contribution in [3.63, 3.8) is 0 Å². The van der Waals surface area contributed by atoms with Gasteiger partial charge < -0.3 is 26.3 Å². The van der Waals surface area contributed by atoms with Crippen molar-refractivity contribution in [3.05, 3.63) is 126 Å². The number of aromatic nitrogens is 6. The van der Waals surface area contributed by atoms with E-state index in [0.717, 1.165) is 37.5 Å². The Morgan fingerprint density at radius 3 is 2.18 bits per heavy atom. The number of pyridine rings is 2. The highest BCUT2D eigenvalue weighted by Gasteiger charge is 2.23. The van der Waals surface area contributed by atoms with Crippen LogP contribution >= 0.6 is 70.1 Å². The van der Waals surface area contributed by atoms with Gasteiger partial charge in [-0.25, -0.2) is 38.3 Å². The molecule has 6 aromatic heterocycles. The molecule has 3 aromatic carbocycles. The number of hydrogen-bond acceptors (Lipinski definition) is 17. The first kappa shape index (κ1) is 41.3. The number of hydrogen-bond donors (Lipinski definition) is 0. The van der Waals surface area contributed by atoms with Crippen molar-refractivity contribution in [2.45, 2.75) is 26.4 Å². The molecule has 1 unspecified atom stereocenters. The van der Waals surface area contributed by atoms with E-state index in [0.29, 0.717) is 27.2 Å². The van der Waals surface area contributed by atoms with Gasteiger partial charge in [-0.15, -0.1) is 0 Å². The van der Waals surface area contributed by atoms with Crippen LogP contribution in [0.2, 0.25) is 0 Å². The summed E-state index contributed by atoms with van der Waals surface area (Å²) < 4.78 is 45.9. The molecular formula is C41H27FIN7O8S4. The van der Waals surface area contributed by atoms with Crippen LogP contribution in [0, 0.1) is 22.4 Å². The Morgan fingerprint density at radius 2 is 1.52 bits per heavy atom. The van der Waals surface area contributed by atoms with Gasteiger partial charge in [-0.2, -0.15) is 0 Å². The summed E-state index contributed by atoms with van der Waals surface area (Å²) in [5.41, 5.74) is 3.23. The molecule has 0 aliphatic heterocycles. The maximum absolute atomic E-state index is 14.2. The minimum Gasteiger partial charge on any atom is -0.493 e. The van der Waals surface area contributed by atoms with Gasteiger partial charge in [-0.3, -0.25) is 9.59 Å². The summed E-state index contributed by atoms with van der Waals surface area (Å²) in [4.78, 5) is 60.7. The highest BCUT2D eigenvalue weighted by molar-refractivity contribution is 14.1. The van der Waals surface area contributed by atoms with E-state index in [1.165, 1.54) is 41.3 Å². The van der Waals surface area contributed by atoms with Gasteiger partial charge in [0.2, 0.25) is 21.4 Å². The molecule has 0 bridgehead atoms. The number of ether oxygens (including phenoxy) is 2. The number of anilines is 2. The van der Waals surface area contributed by atoms with Gasteiger partial charge in [0.15, 0.2) is 45.5 Å². The number of benzene rings is 3. The van der Waals surface area contributed by atoms with Crippen molar-refractivity contribution in [3.8, 4) is 21.8 Å². The number of esters is 1. The van der Waals surface area contributed by atoms with Crippen molar-refractivity contribution in [2.24, 2.45) is 0 Å². The fraction of sp³-hybridized carbons (Fsp3) is 0.146. The van der Waals surface area contributed by atoms with Crippen LogP contribution in [0.5, 0.6) is 11.5 Å². The molecule has 21 heteroatoms. The molecule has 0 saturated carbocycles. The quantitative estimate of drug-likeness (QED) is 0.0720. The first-order valence-electron chi connectivity index (χ1n) is 18.3. The third-order valence-electron chi connectivity index (χ3n) is 9.79. The molecule has 0 amide bonds. The molecule has 6 heterocycles. The summed E-state index contributed by atoms with van der Waals surface area (Å²) in [5.74, 6) is -0.418. The van der Waals surface area contributed by atoms with E-state index < -0.39 is 23.2 Å². The molecule has 0 aliphatic carbocycles. The number of nitrogens with zero attached hydrogens (tertiary/aromatic N) is 7. The van der Waals surface area contributed by atoms with Gasteiger partial charge in [-0.05, 0) is 98.4 Å². The van der Waals surface area contributed by atoms with Crippen molar-refractivity contribution in [1.82, 2.24) is 29.1 Å². The molecule has 0 N–H and O–H groups in total. The molecule has 0 fully saturated rings. The minimum absolute atomic E-state index is 0.0189. The number of carbonyl (C=O) groups excluding carboxylic acids is 1. The average molecular weight is 1020 g/mol. The van der Waals surface area contributed by atoms with Crippen LogP contribution in [-0.4, -0.2) is 55.3 Å². The van der Waals surface area contributed by atoms with E-state index in [2.05, 4.69) is 19.9 Å². The fourth-order valence-electron chi connectivity index (χ4n) is 6.84. The largest absolute Gasteiger partial charge is 0.493 e. The Balaban J connectivity index is 0.969. The first-order valence-corrected chi connectivity index (χ1v) is 21.6. The predicted octanol–water partition coefficient (Wildman–Crippen LogP) is 9.69. The SMILES string of the molecule is COc1ccnc2c(=O)n(-c3nc4ccc(C(=O)OC(C)Cc5cc(OI)c6oc(=S)n(-c7nc8ccc(N(C)c9ccc(F)cc9C)cc8s7)c(=O)c6n5)cc4s3)c(=S)oc12. The molecule has 9 aromatic rings. The van der Waals surface area contributed by atoms with Gasteiger partial charge in [0.25, 0.3) is 20.8 Å². The Hall–Kier alpha value is -6.01. The maximum atomic E-state index is 14.2. The number of fused-ring (bicyclic) bond motifs is 4. The third kappa shape index (κ3) is 7.41. The summed E-state index contributed by atoms with van der Waals surface area (Å²) in [6.45, 7) is 3.53. The molecule has 312 valence electrons. The molecule has 15 nitrogen and oxygen atoms in total. The lowest BCUT2D eigenvalue weighted by Crippen LogP contribution is -2.22. The van der Waals surface area contributed by atoms with E-state index in [-0.39, 0.29) is 65.7 Å². The van der Waals surface area contributed by atoms with Crippen LogP contribution in [0.3, 0.4) is 0 Å². The zero-order chi connectivity index (χ0) is 43.6. The zero-order valence-corrected chi connectivity index (χ0v) is 37.9. The standard InChI is InChI=1S/C41H27FIN7O8S4/c1-18-13-21(42)6-10-26(18)48(3)23-7-9-25-30(17-23)62-39(47-25)50-36(52)32-34(57-41(50)60)28(58-43)16-22(45-32)14-19(2)55-37(53)20-5-8-24-29(15-20)61-38(46-24)49-35(51)31-33(56-40(49)59)27(54-4)11-12-44-31/h5-13,15-17,19H,14H2,1-4H3.